The van der Waals surface area contributed by atoms with Gasteiger partial charge in [-0.05, 0) is 36.6 Å². The van der Waals surface area contributed by atoms with E-state index in [1.165, 1.54) is 12.1 Å². The summed E-state index contributed by atoms with van der Waals surface area (Å²) in [6.07, 6.45) is 1.60. The third kappa shape index (κ3) is 5.13. The predicted octanol–water partition coefficient (Wildman–Crippen LogP) is 0.751. The summed E-state index contributed by atoms with van der Waals surface area (Å²) in [5.74, 6) is 0.910. The Morgan fingerprint density at radius 2 is 1.86 bits per heavy atom. The Kier molecular flexibility index (Phi) is 6.48. The molecule has 0 aliphatic carbocycles. The van der Waals surface area contributed by atoms with Crippen LogP contribution in [-0.2, 0) is 11.2 Å². The van der Waals surface area contributed by atoms with Crippen LogP contribution >= 0.6 is 0 Å². The molecule has 154 valence electrons. The minimum atomic E-state index is -0.358. The molecule has 0 bridgehead atoms. The summed E-state index contributed by atoms with van der Waals surface area (Å²) in [6.45, 7) is 1.13. The number of piperidine rings is 1. The number of carbonyl (C=O) groups is 2. The Bertz CT molecular complexity index is 914. The summed E-state index contributed by atoms with van der Waals surface area (Å²) in [7, 11) is 3.13. The van der Waals surface area contributed by atoms with Crippen molar-refractivity contribution >= 4 is 11.8 Å². The number of aromatic amines is 1. The molecule has 9 heteroatoms. The van der Waals surface area contributed by atoms with Crippen LogP contribution in [0, 0.1) is 0 Å². The maximum absolute atomic E-state index is 12.6. The molecular formula is C20H24N4O5. The third-order valence-corrected chi connectivity index (χ3v) is 4.90. The number of nitrogens with zero attached hydrogens (tertiary/aromatic N) is 2. The fourth-order valence-electron chi connectivity index (χ4n) is 3.28. The van der Waals surface area contributed by atoms with Crippen LogP contribution in [0.15, 0.2) is 35.1 Å². The maximum Gasteiger partial charge on any atom is 0.271 e. The summed E-state index contributed by atoms with van der Waals surface area (Å²) in [4.78, 5) is 37.7. The van der Waals surface area contributed by atoms with Crippen molar-refractivity contribution in [2.24, 2.45) is 0 Å². The molecule has 2 N–H and O–H groups in total. The second-order valence-corrected chi connectivity index (χ2v) is 6.80. The standard InChI is InChI=1S/C20H24N4O5/c1-28-16-5-3-13(11-17(16)29-2)12-19(26)24-9-7-14(8-10-24)21-20(27)15-4-6-18(25)23-22-15/h3-6,11,14H,7-10,12H2,1-2H3,(H,21,27)(H,23,25). The summed E-state index contributed by atoms with van der Waals surface area (Å²) in [6, 6.07) is 8.05. The van der Waals surface area contributed by atoms with E-state index in [4.69, 9.17) is 9.47 Å². The quantitative estimate of drug-likeness (QED) is 0.740. The van der Waals surface area contributed by atoms with Gasteiger partial charge >= 0.3 is 0 Å². The van der Waals surface area contributed by atoms with E-state index in [2.05, 4.69) is 15.5 Å². The van der Waals surface area contributed by atoms with Crippen molar-refractivity contribution < 1.29 is 19.1 Å². The highest BCUT2D eigenvalue weighted by atomic mass is 16.5. The molecule has 0 spiro atoms. The molecule has 0 atom stereocenters. The zero-order valence-electron chi connectivity index (χ0n) is 16.4. The van der Waals surface area contributed by atoms with E-state index in [1.807, 2.05) is 6.07 Å². The number of nitrogens with one attached hydrogen (secondary N) is 2. The number of likely N-dealkylation sites (tertiary alicyclic amines) is 1. The fourth-order valence-corrected chi connectivity index (χ4v) is 3.28. The second kappa shape index (κ2) is 9.22. The lowest BCUT2D eigenvalue weighted by molar-refractivity contribution is -0.131. The van der Waals surface area contributed by atoms with Crippen molar-refractivity contribution in [2.75, 3.05) is 27.3 Å². The van der Waals surface area contributed by atoms with Gasteiger partial charge in [0.05, 0.1) is 20.6 Å². The Morgan fingerprint density at radius 1 is 1.14 bits per heavy atom. The van der Waals surface area contributed by atoms with Crippen molar-refractivity contribution in [1.82, 2.24) is 20.4 Å². The minimum absolute atomic E-state index is 0.0318. The average molecular weight is 400 g/mol. The Balaban J connectivity index is 1.51. The van der Waals surface area contributed by atoms with Gasteiger partial charge < -0.3 is 19.7 Å². The van der Waals surface area contributed by atoms with E-state index in [-0.39, 0.29) is 35.5 Å². The fraction of sp³-hybridized carbons (Fsp3) is 0.400. The summed E-state index contributed by atoms with van der Waals surface area (Å²) in [5.41, 5.74) is 0.659. The number of methoxy groups -OCH3 is 2. The van der Waals surface area contributed by atoms with Gasteiger partial charge in [0.15, 0.2) is 11.5 Å². The molecule has 2 amide bonds. The summed E-state index contributed by atoms with van der Waals surface area (Å²) < 4.78 is 10.5. The second-order valence-electron chi connectivity index (χ2n) is 6.80. The monoisotopic (exact) mass is 400 g/mol. The molecule has 1 saturated heterocycles. The highest BCUT2D eigenvalue weighted by molar-refractivity contribution is 5.92. The SMILES string of the molecule is COc1ccc(CC(=O)N2CCC(NC(=O)c3ccc(=O)[nH]n3)CC2)cc1OC. The molecule has 1 aromatic carbocycles. The van der Waals surface area contributed by atoms with Crippen LogP contribution in [0.2, 0.25) is 0 Å². The number of carbonyl (C=O) groups excluding carboxylic acids is 2. The highest BCUT2D eigenvalue weighted by Crippen LogP contribution is 2.28. The Hall–Kier alpha value is -3.36. The molecule has 1 fully saturated rings. The molecule has 0 saturated carbocycles. The molecule has 1 aromatic heterocycles. The lowest BCUT2D eigenvalue weighted by atomic mass is 10.0. The van der Waals surface area contributed by atoms with Crippen LogP contribution in [0.5, 0.6) is 11.5 Å². The van der Waals surface area contributed by atoms with Gasteiger partial charge in [-0.25, -0.2) is 5.10 Å². The molecule has 0 radical (unpaired) electrons. The first kappa shape index (κ1) is 20.4. The van der Waals surface area contributed by atoms with Crippen molar-refractivity contribution in [3.05, 3.63) is 51.9 Å². The lowest BCUT2D eigenvalue weighted by Gasteiger charge is -2.32. The van der Waals surface area contributed by atoms with Gasteiger partial charge in [-0.2, -0.15) is 5.10 Å². The molecule has 2 aromatic rings. The first-order chi connectivity index (χ1) is 14.0. The zero-order valence-corrected chi connectivity index (χ0v) is 16.4. The van der Waals surface area contributed by atoms with E-state index in [0.29, 0.717) is 37.4 Å². The summed E-state index contributed by atoms with van der Waals surface area (Å²) in [5, 5.41) is 8.87. The normalized spacial score (nSPS) is 14.3. The zero-order chi connectivity index (χ0) is 20.8. The van der Waals surface area contributed by atoms with Gasteiger partial charge in [-0.15, -0.1) is 0 Å². The van der Waals surface area contributed by atoms with Crippen molar-refractivity contribution in [3.8, 4) is 11.5 Å². The van der Waals surface area contributed by atoms with E-state index in [0.717, 1.165) is 5.56 Å². The van der Waals surface area contributed by atoms with E-state index in [1.54, 1.807) is 31.3 Å². The van der Waals surface area contributed by atoms with Crippen LogP contribution in [0.25, 0.3) is 0 Å². The molecule has 2 heterocycles. The molecule has 0 unspecified atom stereocenters. The van der Waals surface area contributed by atoms with E-state index in [9.17, 15) is 14.4 Å². The number of benzene rings is 1. The lowest BCUT2D eigenvalue weighted by Crippen LogP contribution is -2.47. The van der Waals surface area contributed by atoms with E-state index < -0.39 is 0 Å². The predicted molar refractivity (Wildman–Crippen MR) is 105 cm³/mol. The Morgan fingerprint density at radius 3 is 2.48 bits per heavy atom. The Labute approximate surface area is 168 Å². The highest BCUT2D eigenvalue weighted by Gasteiger charge is 2.24. The first-order valence-corrected chi connectivity index (χ1v) is 9.35. The number of amides is 2. The number of aromatic nitrogens is 2. The minimum Gasteiger partial charge on any atom is -0.493 e. The molecule has 1 aliphatic heterocycles. The number of H-pyrrole nitrogens is 1. The average Bonchev–Trinajstić information content (AvgIpc) is 2.74. The van der Waals surface area contributed by atoms with Gasteiger partial charge in [0.1, 0.15) is 5.69 Å². The van der Waals surface area contributed by atoms with Gasteiger partial charge in [0, 0.05) is 25.2 Å². The van der Waals surface area contributed by atoms with E-state index >= 15 is 0 Å². The molecule has 1 aliphatic rings. The van der Waals surface area contributed by atoms with Crippen LogP contribution in [0.1, 0.15) is 28.9 Å². The maximum atomic E-state index is 12.6. The van der Waals surface area contributed by atoms with Crippen LogP contribution in [0.3, 0.4) is 0 Å². The molecule has 9 nitrogen and oxygen atoms in total. The molecule has 3 rings (SSSR count). The van der Waals surface area contributed by atoms with Gasteiger partial charge in [-0.3, -0.25) is 14.4 Å². The number of hydrogen-bond donors (Lipinski definition) is 2. The number of ether oxygens (including phenoxy) is 2. The van der Waals surface area contributed by atoms with Gasteiger partial charge in [0.2, 0.25) is 5.91 Å². The van der Waals surface area contributed by atoms with Gasteiger partial charge in [0.25, 0.3) is 11.5 Å². The first-order valence-electron chi connectivity index (χ1n) is 9.35. The topological polar surface area (TPSA) is 114 Å². The molecule has 29 heavy (non-hydrogen) atoms. The van der Waals surface area contributed by atoms with Crippen LogP contribution < -0.4 is 20.3 Å². The van der Waals surface area contributed by atoms with Gasteiger partial charge in [-0.1, -0.05) is 6.07 Å². The van der Waals surface area contributed by atoms with Crippen molar-refractivity contribution in [3.63, 3.8) is 0 Å². The largest absolute Gasteiger partial charge is 0.493 e. The summed E-state index contributed by atoms with van der Waals surface area (Å²) >= 11 is 0. The van der Waals surface area contributed by atoms with Crippen LogP contribution in [-0.4, -0.2) is 60.3 Å². The number of hydrogen-bond acceptors (Lipinski definition) is 6. The molecular weight excluding hydrogens is 376 g/mol. The van der Waals surface area contributed by atoms with Crippen molar-refractivity contribution in [1.29, 1.82) is 0 Å². The number of rotatable bonds is 6. The van der Waals surface area contributed by atoms with Crippen molar-refractivity contribution in [2.45, 2.75) is 25.3 Å². The third-order valence-electron chi connectivity index (χ3n) is 4.90. The van der Waals surface area contributed by atoms with Crippen LogP contribution in [0.4, 0.5) is 0 Å². The smallest absolute Gasteiger partial charge is 0.271 e.